The first-order chi connectivity index (χ1) is 9.22. The van der Waals surface area contributed by atoms with Crippen LogP contribution < -0.4 is 5.32 Å². The number of ether oxygens (including phenoxy) is 1. The Morgan fingerprint density at radius 1 is 1.53 bits per heavy atom. The number of fused-ring (bicyclic) bond motifs is 1. The van der Waals surface area contributed by atoms with Gasteiger partial charge in [0.25, 0.3) is 0 Å². The minimum atomic E-state index is 0.0261. The number of hydrogen-bond acceptors (Lipinski definition) is 3. The van der Waals surface area contributed by atoms with Crippen molar-refractivity contribution in [2.24, 2.45) is 0 Å². The van der Waals surface area contributed by atoms with Gasteiger partial charge in [-0.1, -0.05) is 17.7 Å². The van der Waals surface area contributed by atoms with Gasteiger partial charge in [-0.15, -0.1) is 11.8 Å². The molecular weight excluding hydrogens is 258 g/mol. The topological polar surface area (TPSA) is 38.3 Å². The van der Waals surface area contributed by atoms with E-state index in [1.807, 2.05) is 0 Å². The zero-order chi connectivity index (χ0) is 13.2. The number of benzene rings is 1. The molecule has 0 aliphatic carbocycles. The number of rotatable bonds is 3. The van der Waals surface area contributed by atoms with Gasteiger partial charge in [-0.25, -0.2) is 0 Å². The van der Waals surface area contributed by atoms with Crippen molar-refractivity contribution < 1.29 is 9.53 Å². The molecule has 0 radical (unpaired) electrons. The van der Waals surface area contributed by atoms with Gasteiger partial charge in [0.05, 0.1) is 11.4 Å². The lowest BCUT2D eigenvalue weighted by Gasteiger charge is -2.13. The van der Waals surface area contributed by atoms with Crippen LogP contribution >= 0.6 is 11.8 Å². The van der Waals surface area contributed by atoms with Crippen molar-refractivity contribution >= 4 is 17.7 Å². The van der Waals surface area contributed by atoms with Crippen LogP contribution in [0.15, 0.2) is 23.1 Å². The molecule has 2 atom stereocenters. The third-order valence-corrected chi connectivity index (χ3v) is 5.02. The van der Waals surface area contributed by atoms with E-state index in [0.717, 1.165) is 25.9 Å². The highest BCUT2D eigenvalue weighted by molar-refractivity contribution is 8.01. The van der Waals surface area contributed by atoms with Crippen molar-refractivity contribution in [2.75, 3.05) is 13.2 Å². The van der Waals surface area contributed by atoms with Gasteiger partial charge in [-0.2, -0.15) is 0 Å². The predicted molar refractivity (Wildman–Crippen MR) is 76.5 cm³/mol. The second-order valence-electron chi connectivity index (χ2n) is 5.30. The van der Waals surface area contributed by atoms with Crippen molar-refractivity contribution in [3.63, 3.8) is 0 Å². The number of aryl methyl sites for hydroxylation is 1. The van der Waals surface area contributed by atoms with E-state index in [1.54, 1.807) is 11.8 Å². The standard InChI is InChI=1S/C15H19NO2S/c1-10-4-5-11-8-14(19-13(11)7-10)15(17)16-9-12-3-2-6-18-12/h4-5,7,12,14H,2-3,6,8-9H2,1H3,(H,16,17)/t12-,14-/m0/s1. The molecule has 0 bridgehead atoms. The molecule has 102 valence electrons. The van der Waals surface area contributed by atoms with Crippen molar-refractivity contribution in [3.05, 3.63) is 29.3 Å². The van der Waals surface area contributed by atoms with Crippen molar-refractivity contribution in [3.8, 4) is 0 Å². The van der Waals surface area contributed by atoms with Gasteiger partial charge in [0.2, 0.25) is 5.91 Å². The van der Waals surface area contributed by atoms with Crippen molar-refractivity contribution in [1.29, 1.82) is 0 Å². The molecule has 1 amide bonds. The third kappa shape index (κ3) is 2.95. The van der Waals surface area contributed by atoms with Crippen LogP contribution in [0.1, 0.15) is 24.0 Å². The SMILES string of the molecule is Cc1ccc2c(c1)S[C@H](C(=O)NC[C@@H]1CCCO1)C2. The average molecular weight is 277 g/mol. The quantitative estimate of drug-likeness (QED) is 0.921. The fourth-order valence-corrected chi connectivity index (χ4v) is 3.93. The van der Waals surface area contributed by atoms with E-state index in [4.69, 9.17) is 4.74 Å². The first-order valence-electron chi connectivity index (χ1n) is 6.88. The lowest BCUT2D eigenvalue weighted by atomic mass is 10.1. The van der Waals surface area contributed by atoms with Crippen LogP contribution in [0, 0.1) is 6.92 Å². The fourth-order valence-electron chi connectivity index (χ4n) is 2.61. The molecule has 2 aliphatic heterocycles. The molecule has 0 aromatic heterocycles. The first kappa shape index (κ1) is 13.0. The molecule has 0 saturated carbocycles. The second kappa shape index (κ2) is 5.55. The summed E-state index contributed by atoms with van der Waals surface area (Å²) in [6, 6.07) is 6.43. The fraction of sp³-hybridized carbons (Fsp3) is 0.533. The lowest BCUT2D eigenvalue weighted by Crippen LogP contribution is -2.37. The van der Waals surface area contributed by atoms with E-state index in [1.165, 1.54) is 16.0 Å². The molecule has 0 unspecified atom stereocenters. The van der Waals surface area contributed by atoms with Crippen LogP contribution in [0.5, 0.6) is 0 Å². The Hall–Kier alpha value is -1.00. The molecular formula is C15H19NO2S. The van der Waals surface area contributed by atoms with Gasteiger partial charge in [0, 0.05) is 18.0 Å². The maximum atomic E-state index is 12.2. The zero-order valence-corrected chi connectivity index (χ0v) is 12.0. The summed E-state index contributed by atoms with van der Waals surface area (Å²) in [4.78, 5) is 13.4. The Kier molecular flexibility index (Phi) is 3.80. The molecule has 1 fully saturated rings. The summed E-state index contributed by atoms with van der Waals surface area (Å²) in [5.41, 5.74) is 2.56. The minimum absolute atomic E-state index is 0.0261. The maximum absolute atomic E-state index is 12.2. The van der Waals surface area contributed by atoms with Crippen molar-refractivity contribution in [1.82, 2.24) is 5.32 Å². The zero-order valence-electron chi connectivity index (χ0n) is 11.1. The van der Waals surface area contributed by atoms with Gasteiger partial charge in [0.15, 0.2) is 0 Å². The molecule has 1 saturated heterocycles. The van der Waals surface area contributed by atoms with E-state index >= 15 is 0 Å². The Bertz CT molecular complexity index is 483. The summed E-state index contributed by atoms with van der Waals surface area (Å²) in [5, 5.41) is 3.06. The first-order valence-corrected chi connectivity index (χ1v) is 7.76. The van der Waals surface area contributed by atoms with Crippen LogP contribution in [0.3, 0.4) is 0 Å². The molecule has 3 rings (SSSR count). The number of hydrogen-bond donors (Lipinski definition) is 1. The smallest absolute Gasteiger partial charge is 0.233 e. The Balaban J connectivity index is 1.55. The monoisotopic (exact) mass is 277 g/mol. The molecule has 0 spiro atoms. The average Bonchev–Trinajstić information content (AvgIpc) is 3.04. The van der Waals surface area contributed by atoms with E-state index in [2.05, 4.69) is 30.4 Å². The highest BCUT2D eigenvalue weighted by Crippen LogP contribution is 2.37. The number of thioether (sulfide) groups is 1. The predicted octanol–water partition coefficient (Wildman–Crippen LogP) is 2.31. The molecule has 1 aromatic rings. The maximum Gasteiger partial charge on any atom is 0.233 e. The molecule has 1 aromatic carbocycles. The van der Waals surface area contributed by atoms with E-state index in [0.29, 0.717) is 6.54 Å². The molecule has 1 N–H and O–H groups in total. The van der Waals surface area contributed by atoms with E-state index in [9.17, 15) is 4.79 Å². The molecule has 19 heavy (non-hydrogen) atoms. The Morgan fingerprint density at radius 2 is 2.42 bits per heavy atom. The minimum Gasteiger partial charge on any atom is -0.376 e. The van der Waals surface area contributed by atoms with Crippen LogP contribution in [0.4, 0.5) is 0 Å². The highest BCUT2D eigenvalue weighted by atomic mass is 32.2. The van der Waals surface area contributed by atoms with Gasteiger partial charge in [-0.05, 0) is 37.8 Å². The van der Waals surface area contributed by atoms with Crippen molar-refractivity contribution in [2.45, 2.75) is 42.4 Å². The Labute approximate surface area is 118 Å². The number of carbonyl (C=O) groups excluding carboxylic acids is 1. The van der Waals surface area contributed by atoms with E-state index < -0.39 is 0 Å². The largest absolute Gasteiger partial charge is 0.376 e. The number of carbonyl (C=O) groups is 1. The molecule has 4 heteroatoms. The van der Waals surface area contributed by atoms with Crippen LogP contribution in [0.25, 0.3) is 0 Å². The summed E-state index contributed by atoms with van der Waals surface area (Å²) in [6.07, 6.45) is 3.25. The second-order valence-corrected chi connectivity index (χ2v) is 6.55. The normalized spacial score (nSPS) is 25.3. The molecule has 3 nitrogen and oxygen atoms in total. The van der Waals surface area contributed by atoms with Gasteiger partial charge < -0.3 is 10.1 Å². The van der Waals surface area contributed by atoms with Gasteiger partial charge in [0.1, 0.15) is 0 Å². The molecule has 2 heterocycles. The van der Waals surface area contributed by atoms with Crippen LogP contribution in [-0.4, -0.2) is 30.4 Å². The summed E-state index contributed by atoms with van der Waals surface area (Å²) in [7, 11) is 0. The number of amides is 1. The van der Waals surface area contributed by atoms with Crippen LogP contribution in [-0.2, 0) is 16.0 Å². The Morgan fingerprint density at radius 3 is 3.21 bits per heavy atom. The van der Waals surface area contributed by atoms with Gasteiger partial charge >= 0.3 is 0 Å². The number of nitrogens with one attached hydrogen (secondary N) is 1. The van der Waals surface area contributed by atoms with Crippen LogP contribution in [0.2, 0.25) is 0 Å². The summed E-state index contributed by atoms with van der Waals surface area (Å²) in [5.74, 6) is 0.148. The van der Waals surface area contributed by atoms with E-state index in [-0.39, 0.29) is 17.3 Å². The lowest BCUT2D eigenvalue weighted by molar-refractivity contribution is -0.121. The highest BCUT2D eigenvalue weighted by Gasteiger charge is 2.28. The summed E-state index contributed by atoms with van der Waals surface area (Å²) in [6.45, 7) is 3.58. The van der Waals surface area contributed by atoms with Gasteiger partial charge in [-0.3, -0.25) is 4.79 Å². The molecule has 2 aliphatic rings. The third-order valence-electron chi connectivity index (χ3n) is 3.72. The summed E-state index contributed by atoms with van der Waals surface area (Å²) >= 11 is 1.69. The summed E-state index contributed by atoms with van der Waals surface area (Å²) < 4.78 is 5.52.